The average Bonchev–Trinajstić information content (AvgIpc) is 2.49. The van der Waals surface area contributed by atoms with Crippen molar-refractivity contribution in [1.29, 1.82) is 0 Å². The van der Waals surface area contributed by atoms with Gasteiger partial charge in [-0.05, 0) is 43.5 Å². The number of hydrogen-bond acceptors (Lipinski definition) is 3. The molecular formula is C20H25NO3. The predicted molar refractivity (Wildman–Crippen MR) is 95.9 cm³/mol. The van der Waals surface area contributed by atoms with Crippen molar-refractivity contribution >= 4 is 22.6 Å². The Kier molecular flexibility index (Phi) is 5.27. The van der Waals surface area contributed by atoms with E-state index in [0.29, 0.717) is 5.56 Å². The summed E-state index contributed by atoms with van der Waals surface area (Å²) in [5.41, 5.74) is -0.0312. The van der Waals surface area contributed by atoms with E-state index >= 15 is 0 Å². The van der Waals surface area contributed by atoms with Crippen LogP contribution >= 0.6 is 0 Å². The molecule has 0 saturated heterocycles. The van der Waals surface area contributed by atoms with Gasteiger partial charge in [0.2, 0.25) is 0 Å². The second kappa shape index (κ2) is 7.04. The third-order valence-electron chi connectivity index (χ3n) is 3.65. The Morgan fingerprint density at radius 1 is 1.00 bits per heavy atom. The van der Waals surface area contributed by atoms with Crippen LogP contribution in [0.4, 0.5) is 0 Å². The molecule has 0 aliphatic carbocycles. The van der Waals surface area contributed by atoms with Gasteiger partial charge in [0.05, 0.1) is 0 Å². The number of ether oxygens (including phenoxy) is 1. The standard InChI is InChI=1S/C20H25NO3/c1-13(2)17(19(23)24-20(3,4)5)21-18(22)16-12-8-10-14-9-6-7-11-15(14)16/h6-13,17H,1-5H3,(H,21,22)/t17-/m0/s1. The number of nitrogens with one attached hydrogen (secondary N) is 1. The Labute approximate surface area is 143 Å². The summed E-state index contributed by atoms with van der Waals surface area (Å²) in [6, 6.07) is 12.6. The van der Waals surface area contributed by atoms with Gasteiger partial charge in [0.15, 0.2) is 0 Å². The van der Waals surface area contributed by atoms with E-state index in [1.165, 1.54) is 0 Å². The zero-order chi connectivity index (χ0) is 17.9. The largest absolute Gasteiger partial charge is 0.458 e. The molecule has 0 unspecified atom stereocenters. The Balaban J connectivity index is 2.26. The van der Waals surface area contributed by atoms with E-state index in [-0.39, 0.29) is 11.8 Å². The van der Waals surface area contributed by atoms with Gasteiger partial charge in [-0.3, -0.25) is 4.79 Å². The molecule has 0 aliphatic rings. The zero-order valence-corrected chi connectivity index (χ0v) is 14.9. The Morgan fingerprint density at radius 3 is 2.25 bits per heavy atom. The lowest BCUT2D eigenvalue weighted by Crippen LogP contribution is -2.47. The highest BCUT2D eigenvalue weighted by atomic mass is 16.6. The van der Waals surface area contributed by atoms with Crippen molar-refractivity contribution in [2.45, 2.75) is 46.3 Å². The smallest absolute Gasteiger partial charge is 0.329 e. The van der Waals surface area contributed by atoms with Gasteiger partial charge >= 0.3 is 5.97 Å². The first-order valence-corrected chi connectivity index (χ1v) is 8.20. The van der Waals surface area contributed by atoms with Crippen LogP contribution in [-0.4, -0.2) is 23.5 Å². The minimum atomic E-state index is -0.685. The fraction of sp³-hybridized carbons (Fsp3) is 0.400. The normalized spacial score (nSPS) is 12.9. The van der Waals surface area contributed by atoms with Crippen LogP contribution in [0.25, 0.3) is 10.8 Å². The van der Waals surface area contributed by atoms with Crippen molar-refractivity contribution in [3.63, 3.8) is 0 Å². The second-order valence-corrected chi connectivity index (χ2v) is 7.26. The molecule has 1 atom stereocenters. The summed E-state index contributed by atoms with van der Waals surface area (Å²) < 4.78 is 5.43. The molecule has 0 saturated carbocycles. The van der Waals surface area contributed by atoms with Gasteiger partial charge in [0.1, 0.15) is 11.6 Å². The number of carbonyl (C=O) groups is 2. The van der Waals surface area contributed by atoms with Gasteiger partial charge in [-0.25, -0.2) is 4.79 Å². The molecule has 1 amide bonds. The summed E-state index contributed by atoms with van der Waals surface area (Å²) in [5, 5.41) is 4.69. The molecule has 0 radical (unpaired) electrons. The molecule has 2 rings (SSSR count). The van der Waals surface area contributed by atoms with Gasteiger partial charge < -0.3 is 10.1 Å². The molecule has 0 spiro atoms. The van der Waals surface area contributed by atoms with Gasteiger partial charge in [-0.2, -0.15) is 0 Å². The SMILES string of the molecule is CC(C)[C@H](NC(=O)c1cccc2ccccc12)C(=O)OC(C)(C)C. The quantitative estimate of drug-likeness (QED) is 0.866. The van der Waals surface area contributed by atoms with E-state index in [4.69, 9.17) is 4.74 Å². The monoisotopic (exact) mass is 327 g/mol. The lowest BCUT2D eigenvalue weighted by Gasteiger charge is -2.26. The lowest BCUT2D eigenvalue weighted by molar-refractivity contribution is -0.158. The summed E-state index contributed by atoms with van der Waals surface area (Å²) in [6.07, 6.45) is 0. The molecule has 0 heterocycles. The van der Waals surface area contributed by atoms with Crippen LogP contribution in [0.2, 0.25) is 0 Å². The number of hydrogen-bond donors (Lipinski definition) is 1. The van der Waals surface area contributed by atoms with Crippen molar-refractivity contribution in [1.82, 2.24) is 5.32 Å². The third-order valence-corrected chi connectivity index (χ3v) is 3.65. The summed E-state index contributed by atoms with van der Waals surface area (Å²) in [6.45, 7) is 9.22. The maximum Gasteiger partial charge on any atom is 0.329 e. The first-order valence-electron chi connectivity index (χ1n) is 8.20. The highest BCUT2D eigenvalue weighted by Crippen LogP contribution is 2.19. The molecule has 24 heavy (non-hydrogen) atoms. The summed E-state index contributed by atoms with van der Waals surface area (Å²) in [4.78, 5) is 25.1. The lowest BCUT2D eigenvalue weighted by atomic mass is 10.0. The molecule has 0 aromatic heterocycles. The number of amides is 1. The average molecular weight is 327 g/mol. The van der Waals surface area contributed by atoms with Crippen LogP contribution in [-0.2, 0) is 9.53 Å². The Bertz CT molecular complexity index is 739. The van der Waals surface area contributed by atoms with Crippen molar-refractivity contribution < 1.29 is 14.3 Å². The fourth-order valence-electron chi connectivity index (χ4n) is 2.51. The molecule has 0 bridgehead atoms. The van der Waals surface area contributed by atoms with E-state index in [0.717, 1.165) is 10.8 Å². The van der Waals surface area contributed by atoms with E-state index in [1.807, 2.05) is 71.0 Å². The van der Waals surface area contributed by atoms with E-state index < -0.39 is 17.6 Å². The Hall–Kier alpha value is -2.36. The molecular weight excluding hydrogens is 302 g/mol. The number of rotatable bonds is 4. The molecule has 0 fully saturated rings. The summed E-state index contributed by atoms with van der Waals surface area (Å²) >= 11 is 0. The summed E-state index contributed by atoms with van der Waals surface area (Å²) in [7, 11) is 0. The molecule has 4 heteroatoms. The van der Waals surface area contributed by atoms with Crippen LogP contribution in [0.1, 0.15) is 45.0 Å². The third kappa shape index (κ3) is 4.34. The highest BCUT2D eigenvalue weighted by Gasteiger charge is 2.29. The number of carbonyl (C=O) groups excluding carboxylic acids is 2. The van der Waals surface area contributed by atoms with Gasteiger partial charge in [-0.1, -0.05) is 50.2 Å². The minimum absolute atomic E-state index is 0.0706. The minimum Gasteiger partial charge on any atom is -0.458 e. The summed E-state index contributed by atoms with van der Waals surface area (Å²) in [5.74, 6) is -0.749. The van der Waals surface area contributed by atoms with Crippen molar-refractivity contribution in [2.24, 2.45) is 5.92 Å². The van der Waals surface area contributed by atoms with Crippen molar-refractivity contribution in [2.75, 3.05) is 0 Å². The van der Waals surface area contributed by atoms with Crippen molar-refractivity contribution in [3.8, 4) is 0 Å². The predicted octanol–water partition coefficient (Wildman–Crippen LogP) is 3.94. The number of fused-ring (bicyclic) bond motifs is 1. The maximum atomic E-state index is 12.7. The molecule has 1 N–H and O–H groups in total. The van der Waals surface area contributed by atoms with Crippen LogP contribution < -0.4 is 5.32 Å². The van der Waals surface area contributed by atoms with Crippen LogP contribution in [0, 0.1) is 5.92 Å². The van der Waals surface area contributed by atoms with Crippen LogP contribution in [0.5, 0.6) is 0 Å². The molecule has 0 aliphatic heterocycles. The van der Waals surface area contributed by atoms with Crippen molar-refractivity contribution in [3.05, 3.63) is 48.0 Å². The van der Waals surface area contributed by atoms with E-state index in [1.54, 1.807) is 6.07 Å². The Morgan fingerprint density at radius 2 is 1.62 bits per heavy atom. The maximum absolute atomic E-state index is 12.7. The molecule has 4 nitrogen and oxygen atoms in total. The molecule has 2 aromatic rings. The first-order chi connectivity index (χ1) is 11.2. The first kappa shape index (κ1) is 18.0. The molecule has 128 valence electrons. The topological polar surface area (TPSA) is 55.4 Å². The molecule has 2 aromatic carbocycles. The number of benzene rings is 2. The second-order valence-electron chi connectivity index (χ2n) is 7.26. The number of esters is 1. The fourth-order valence-corrected chi connectivity index (χ4v) is 2.51. The van der Waals surface area contributed by atoms with Gasteiger partial charge in [-0.15, -0.1) is 0 Å². The van der Waals surface area contributed by atoms with Gasteiger partial charge in [0, 0.05) is 5.56 Å². The zero-order valence-electron chi connectivity index (χ0n) is 14.9. The highest BCUT2D eigenvalue weighted by molar-refractivity contribution is 6.08. The van der Waals surface area contributed by atoms with E-state index in [9.17, 15) is 9.59 Å². The van der Waals surface area contributed by atoms with Crippen LogP contribution in [0.15, 0.2) is 42.5 Å². The van der Waals surface area contributed by atoms with E-state index in [2.05, 4.69) is 5.32 Å². The van der Waals surface area contributed by atoms with Gasteiger partial charge in [0.25, 0.3) is 5.91 Å². The van der Waals surface area contributed by atoms with Crippen LogP contribution in [0.3, 0.4) is 0 Å².